The minimum absolute atomic E-state index is 0.537. The van der Waals surface area contributed by atoms with E-state index in [0.29, 0.717) is 13.1 Å². The van der Waals surface area contributed by atoms with E-state index in [-0.39, 0.29) is 0 Å². The Kier molecular flexibility index (Phi) is 5.09. The van der Waals surface area contributed by atoms with Crippen LogP contribution in [0.4, 0.5) is 0 Å². The lowest BCUT2D eigenvalue weighted by Gasteiger charge is -2.13. The number of hydrogen-bond donors (Lipinski definition) is 3. The van der Waals surface area contributed by atoms with E-state index in [9.17, 15) is 10.2 Å². The van der Waals surface area contributed by atoms with Crippen molar-refractivity contribution in [2.24, 2.45) is 0 Å². The van der Waals surface area contributed by atoms with Gasteiger partial charge in [-0.1, -0.05) is 6.42 Å². The van der Waals surface area contributed by atoms with E-state index in [1.807, 2.05) is 0 Å². The van der Waals surface area contributed by atoms with E-state index in [1.54, 1.807) is 0 Å². The zero-order valence-corrected chi connectivity index (χ0v) is 8.79. The van der Waals surface area contributed by atoms with E-state index < -0.39 is 12.2 Å². The fourth-order valence-electron chi connectivity index (χ4n) is 1.65. The molecule has 0 aromatic heterocycles. The second kappa shape index (κ2) is 5.86. The number of hydrogen-bond acceptors (Lipinski definition) is 4. The molecule has 0 aromatic carbocycles. The predicted octanol–water partition coefficient (Wildman–Crippen LogP) is 0.124. The molecule has 0 aromatic rings. The van der Waals surface area contributed by atoms with Crippen molar-refractivity contribution in [1.82, 2.24) is 4.90 Å². The van der Waals surface area contributed by atoms with Crippen molar-refractivity contribution in [1.29, 1.82) is 0 Å². The molecular weight excluding hydrogens is 186 g/mol. The maximum absolute atomic E-state index is 9.27. The Hall–Kier alpha value is 0.230. The number of β-amino-alcohol motifs (C(OH)–C–C–N with tert-alkyl or cyclic N) is 2. The summed E-state index contributed by atoms with van der Waals surface area (Å²) in [4.78, 5) is 2.12. The van der Waals surface area contributed by atoms with Gasteiger partial charge in [-0.3, -0.25) is 4.90 Å². The topological polar surface area (TPSA) is 43.7 Å². The minimum atomic E-state index is -0.537. The van der Waals surface area contributed by atoms with Crippen LogP contribution in [0.3, 0.4) is 0 Å². The van der Waals surface area contributed by atoms with Crippen molar-refractivity contribution in [3.05, 3.63) is 0 Å². The first-order valence-corrected chi connectivity index (χ1v) is 5.56. The van der Waals surface area contributed by atoms with Gasteiger partial charge in [0.15, 0.2) is 0 Å². The monoisotopic (exact) mass is 205 g/mol. The van der Waals surface area contributed by atoms with Crippen LogP contribution in [0.15, 0.2) is 0 Å². The van der Waals surface area contributed by atoms with Crippen molar-refractivity contribution < 1.29 is 10.2 Å². The molecule has 1 aliphatic heterocycles. The van der Waals surface area contributed by atoms with Crippen LogP contribution >= 0.6 is 12.6 Å². The highest BCUT2D eigenvalue weighted by Crippen LogP contribution is 2.11. The molecule has 1 fully saturated rings. The van der Waals surface area contributed by atoms with Gasteiger partial charge in [-0.05, 0) is 25.1 Å². The van der Waals surface area contributed by atoms with Crippen LogP contribution in [-0.2, 0) is 0 Å². The number of aliphatic hydroxyl groups is 2. The van der Waals surface area contributed by atoms with Gasteiger partial charge in [0.1, 0.15) is 0 Å². The maximum Gasteiger partial charge on any atom is 0.0938 e. The van der Waals surface area contributed by atoms with E-state index in [4.69, 9.17) is 0 Å². The molecule has 2 unspecified atom stereocenters. The van der Waals surface area contributed by atoms with E-state index in [2.05, 4.69) is 17.5 Å². The highest BCUT2D eigenvalue weighted by atomic mass is 32.1. The Morgan fingerprint density at radius 2 is 1.69 bits per heavy atom. The first-order chi connectivity index (χ1) is 6.24. The Bertz CT molecular complexity index is 136. The van der Waals surface area contributed by atoms with Crippen molar-refractivity contribution in [2.75, 3.05) is 25.4 Å². The summed E-state index contributed by atoms with van der Waals surface area (Å²) in [5.41, 5.74) is 0. The van der Waals surface area contributed by atoms with Gasteiger partial charge in [0.2, 0.25) is 0 Å². The molecule has 13 heavy (non-hydrogen) atoms. The highest BCUT2D eigenvalue weighted by molar-refractivity contribution is 7.80. The first kappa shape index (κ1) is 11.3. The number of thiol groups is 1. The summed E-state index contributed by atoms with van der Waals surface area (Å²) in [5.74, 6) is 0.950. The van der Waals surface area contributed by atoms with Crippen molar-refractivity contribution in [3.63, 3.8) is 0 Å². The zero-order chi connectivity index (χ0) is 9.68. The van der Waals surface area contributed by atoms with Crippen LogP contribution in [0.2, 0.25) is 0 Å². The zero-order valence-electron chi connectivity index (χ0n) is 7.89. The molecule has 3 nitrogen and oxygen atoms in total. The van der Waals surface area contributed by atoms with Crippen molar-refractivity contribution >= 4 is 12.6 Å². The third kappa shape index (κ3) is 3.85. The number of unbranched alkanes of at least 4 members (excludes halogenated alkanes) is 2. The Labute approximate surface area is 85.2 Å². The summed E-state index contributed by atoms with van der Waals surface area (Å²) in [6.45, 7) is 2.24. The van der Waals surface area contributed by atoms with Crippen LogP contribution < -0.4 is 0 Å². The maximum atomic E-state index is 9.27. The molecule has 0 aliphatic carbocycles. The molecule has 0 spiro atoms. The largest absolute Gasteiger partial charge is 0.389 e. The molecule has 0 saturated carbocycles. The van der Waals surface area contributed by atoms with Crippen LogP contribution in [0.5, 0.6) is 0 Å². The second-order valence-corrected chi connectivity index (χ2v) is 4.13. The number of aliphatic hydroxyl groups excluding tert-OH is 2. The highest BCUT2D eigenvalue weighted by Gasteiger charge is 2.28. The average Bonchev–Trinajstić information content (AvgIpc) is 2.41. The summed E-state index contributed by atoms with van der Waals surface area (Å²) in [6.07, 6.45) is 2.41. The number of nitrogens with zero attached hydrogens (tertiary/aromatic N) is 1. The molecule has 0 radical (unpaired) electrons. The predicted molar refractivity (Wildman–Crippen MR) is 56.2 cm³/mol. The lowest BCUT2D eigenvalue weighted by atomic mass is 10.2. The molecular formula is C9H19NO2S. The summed E-state index contributed by atoms with van der Waals surface area (Å²) >= 11 is 4.14. The van der Waals surface area contributed by atoms with Gasteiger partial charge in [-0.15, -0.1) is 0 Å². The van der Waals surface area contributed by atoms with E-state index >= 15 is 0 Å². The third-order valence-electron chi connectivity index (χ3n) is 2.47. The molecule has 1 rings (SSSR count). The van der Waals surface area contributed by atoms with E-state index in [1.165, 1.54) is 6.42 Å². The van der Waals surface area contributed by atoms with Crippen molar-refractivity contribution in [3.8, 4) is 0 Å². The van der Waals surface area contributed by atoms with Gasteiger partial charge in [0.25, 0.3) is 0 Å². The van der Waals surface area contributed by atoms with Gasteiger partial charge < -0.3 is 10.2 Å². The Morgan fingerprint density at radius 1 is 1.08 bits per heavy atom. The molecule has 4 heteroatoms. The van der Waals surface area contributed by atoms with Crippen LogP contribution in [0, 0.1) is 0 Å². The van der Waals surface area contributed by atoms with Gasteiger partial charge in [-0.2, -0.15) is 12.6 Å². The van der Waals surface area contributed by atoms with Crippen LogP contribution in [0.25, 0.3) is 0 Å². The lowest BCUT2D eigenvalue weighted by Crippen LogP contribution is -2.23. The summed E-state index contributed by atoms with van der Waals surface area (Å²) in [6, 6.07) is 0. The van der Waals surface area contributed by atoms with Crippen LogP contribution in [0.1, 0.15) is 19.3 Å². The second-order valence-electron chi connectivity index (χ2n) is 3.68. The van der Waals surface area contributed by atoms with Crippen molar-refractivity contribution in [2.45, 2.75) is 31.5 Å². The van der Waals surface area contributed by atoms with Gasteiger partial charge in [0, 0.05) is 13.1 Å². The molecule has 2 atom stereocenters. The lowest BCUT2D eigenvalue weighted by molar-refractivity contribution is 0.0572. The Balaban J connectivity index is 2.03. The number of likely N-dealkylation sites (tertiary alicyclic amines) is 1. The SMILES string of the molecule is OC1CN(CCCCCS)CC1O. The summed E-state index contributed by atoms with van der Waals surface area (Å²) in [7, 11) is 0. The summed E-state index contributed by atoms with van der Waals surface area (Å²) in [5, 5.41) is 18.5. The Morgan fingerprint density at radius 3 is 2.23 bits per heavy atom. The van der Waals surface area contributed by atoms with E-state index in [0.717, 1.165) is 25.1 Å². The fraction of sp³-hybridized carbons (Fsp3) is 1.00. The summed E-state index contributed by atoms with van der Waals surface area (Å²) < 4.78 is 0. The molecule has 1 saturated heterocycles. The van der Waals surface area contributed by atoms with Gasteiger partial charge >= 0.3 is 0 Å². The van der Waals surface area contributed by atoms with Gasteiger partial charge in [-0.25, -0.2) is 0 Å². The normalized spacial score (nSPS) is 29.8. The average molecular weight is 205 g/mol. The molecule has 1 heterocycles. The van der Waals surface area contributed by atoms with Crippen LogP contribution in [-0.4, -0.2) is 52.7 Å². The fourth-order valence-corrected chi connectivity index (χ4v) is 1.88. The van der Waals surface area contributed by atoms with Gasteiger partial charge in [0.05, 0.1) is 12.2 Å². The molecule has 78 valence electrons. The molecule has 0 amide bonds. The first-order valence-electron chi connectivity index (χ1n) is 4.93. The standard InChI is InChI=1S/C9H19NO2S/c11-8-6-10(7-9(8)12)4-2-1-3-5-13/h8-9,11-13H,1-7H2. The quantitative estimate of drug-likeness (QED) is 0.441. The number of rotatable bonds is 5. The smallest absolute Gasteiger partial charge is 0.0938 e. The molecule has 0 bridgehead atoms. The molecule has 2 N–H and O–H groups in total. The minimum Gasteiger partial charge on any atom is -0.389 e. The molecule has 1 aliphatic rings. The third-order valence-corrected chi connectivity index (χ3v) is 2.78.